The standard InChI is InChI=1S/C16H9BrF3N7/c17-12-5-10(15-22-24-25-23-15)6-13(7-12)27-8-14(21-26-27)9-1-3-11(4-2-9)16(18,19)20/h1-8H,(H,22,23,24,25). The molecule has 4 aromatic rings. The fourth-order valence-corrected chi connectivity index (χ4v) is 2.95. The number of aromatic nitrogens is 7. The first-order chi connectivity index (χ1) is 12.9. The lowest BCUT2D eigenvalue weighted by Gasteiger charge is -2.06. The monoisotopic (exact) mass is 435 g/mol. The van der Waals surface area contributed by atoms with Crippen molar-refractivity contribution in [2.45, 2.75) is 6.18 Å². The van der Waals surface area contributed by atoms with Gasteiger partial charge in [0.05, 0.1) is 17.4 Å². The predicted molar refractivity (Wildman–Crippen MR) is 92.7 cm³/mol. The van der Waals surface area contributed by atoms with Gasteiger partial charge >= 0.3 is 6.18 Å². The summed E-state index contributed by atoms with van der Waals surface area (Å²) in [7, 11) is 0. The van der Waals surface area contributed by atoms with Crippen molar-refractivity contribution in [2.75, 3.05) is 0 Å². The summed E-state index contributed by atoms with van der Waals surface area (Å²) in [4.78, 5) is 0. The number of hydrogen-bond acceptors (Lipinski definition) is 5. The number of tetrazole rings is 1. The smallest absolute Gasteiger partial charge is 0.220 e. The molecular weight excluding hydrogens is 427 g/mol. The van der Waals surface area contributed by atoms with Gasteiger partial charge in [-0.05, 0) is 35.5 Å². The van der Waals surface area contributed by atoms with E-state index >= 15 is 0 Å². The van der Waals surface area contributed by atoms with Crippen LogP contribution in [0.15, 0.2) is 53.1 Å². The third-order valence-corrected chi connectivity index (χ3v) is 4.21. The number of benzene rings is 2. The van der Waals surface area contributed by atoms with Gasteiger partial charge in [0.2, 0.25) is 5.82 Å². The Balaban J connectivity index is 1.67. The van der Waals surface area contributed by atoms with Crippen LogP contribution in [0.25, 0.3) is 28.3 Å². The molecule has 27 heavy (non-hydrogen) atoms. The molecule has 11 heteroatoms. The summed E-state index contributed by atoms with van der Waals surface area (Å²) < 4.78 is 40.3. The van der Waals surface area contributed by atoms with Crippen LogP contribution in [0, 0.1) is 0 Å². The Morgan fingerprint density at radius 2 is 1.74 bits per heavy atom. The lowest BCUT2D eigenvalue weighted by atomic mass is 10.1. The predicted octanol–water partition coefficient (Wildman–Crippen LogP) is 3.90. The number of nitrogens with one attached hydrogen (secondary N) is 1. The number of alkyl halides is 3. The van der Waals surface area contributed by atoms with E-state index in [1.165, 1.54) is 16.8 Å². The Morgan fingerprint density at radius 1 is 0.963 bits per heavy atom. The normalized spacial score (nSPS) is 11.7. The lowest BCUT2D eigenvalue weighted by molar-refractivity contribution is -0.137. The highest BCUT2D eigenvalue weighted by Crippen LogP contribution is 2.31. The molecule has 0 saturated carbocycles. The average Bonchev–Trinajstić information content (AvgIpc) is 3.33. The van der Waals surface area contributed by atoms with Crippen LogP contribution >= 0.6 is 15.9 Å². The van der Waals surface area contributed by atoms with Crippen LogP contribution in [-0.2, 0) is 6.18 Å². The van der Waals surface area contributed by atoms with Crippen LogP contribution in [0.4, 0.5) is 13.2 Å². The van der Waals surface area contributed by atoms with E-state index in [4.69, 9.17) is 0 Å². The maximum Gasteiger partial charge on any atom is 0.416 e. The van der Waals surface area contributed by atoms with Crippen molar-refractivity contribution in [3.05, 3.63) is 58.7 Å². The summed E-state index contributed by atoms with van der Waals surface area (Å²) >= 11 is 3.42. The van der Waals surface area contributed by atoms with Gasteiger partial charge in [-0.25, -0.2) is 4.68 Å². The van der Waals surface area contributed by atoms with Crippen molar-refractivity contribution in [3.8, 4) is 28.3 Å². The van der Waals surface area contributed by atoms with Gasteiger partial charge in [0.25, 0.3) is 0 Å². The minimum absolute atomic E-state index is 0.417. The Bertz CT molecular complexity index is 1070. The largest absolute Gasteiger partial charge is 0.416 e. The van der Waals surface area contributed by atoms with Gasteiger partial charge in [-0.3, -0.25) is 0 Å². The van der Waals surface area contributed by atoms with E-state index in [-0.39, 0.29) is 0 Å². The second-order valence-electron chi connectivity index (χ2n) is 5.56. The van der Waals surface area contributed by atoms with Gasteiger partial charge in [0.15, 0.2) is 0 Å². The molecule has 136 valence electrons. The summed E-state index contributed by atoms with van der Waals surface area (Å²) in [5, 5.41) is 21.9. The first-order valence-electron chi connectivity index (χ1n) is 7.55. The van der Waals surface area contributed by atoms with Gasteiger partial charge < -0.3 is 0 Å². The van der Waals surface area contributed by atoms with Crippen LogP contribution in [0.3, 0.4) is 0 Å². The second kappa shape index (κ2) is 6.58. The van der Waals surface area contributed by atoms with Gasteiger partial charge in [-0.15, -0.1) is 15.3 Å². The molecule has 2 heterocycles. The van der Waals surface area contributed by atoms with E-state index in [0.29, 0.717) is 28.3 Å². The number of aromatic amines is 1. The minimum Gasteiger partial charge on any atom is -0.220 e. The van der Waals surface area contributed by atoms with Gasteiger partial charge in [-0.1, -0.05) is 33.3 Å². The Morgan fingerprint density at radius 3 is 2.41 bits per heavy atom. The molecular formula is C16H9BrF3N7. The first-order valence-corrected chi connectivity index (χ1v) is 8.34. The zero-order valence-electron chi connectivity index (χ0n) is 13.3. The number of H-pyrrole nitrogens is 1. The Labute approximate surface area is 158 Å². The average molecular weight is 436 g/mol. The maximum absolute atomic E-state index is 12.7. The minimum atomic E-state index is -4.38. The molecule has 0 radical (unpaired) electrons. The van der Waals surface area contributed by atoms with Gasteiger partial charge in [-0.2, -0.15) is 18.4 Å². The highest BCUT2D eigenvalue weighted by Gasteiger charge is 2.30. The maximum atomic E-state index is 12.7. The molecule has 0 bridgehead atoms. The van der Waals surface area contributed by atoms with Crippen molar-refractivity contribution in [1.29, 1.82) is 0 Å². The van der Waals surface area contributed by atoms with Crippen molar-refractivity contribution in [2.24, 2.45) is 0 Å². The van der Waals surface area contributed by atoms with Gasteiger partial charge in [0.1, 0.15) is 5.69 Å². The topological polar surface area (TPSA) is 85.2 Å². The van der Waals surface area contributed by atoms with E-state index < -0.39 is 11.7 Å². The summed E-state index contributed by atoms with van der Waals surface area (Å²) in [6.45, 7) is 0. The lowest BCUT2D eigenvalue weighted by Crippen LogP contribution is -2.03. The molecule has 0 unspecified atom stereocenters. The molecule has 0 fully saturated rings. The van der Waals surface area contributed by atoms with Crippen LogP contribution in [0.5, 0.6) is 0 Å². The van der Waals surface area contributed by atoms with E-state index in [0.717, 1.165) is 16.6 Å². The molecule has 7 nitrogen and oxygen atoms in total. The summed E-state index contributed by atoms with van der Waals surface area (Å²) in [5.41, 5.74) is 1.65. The Kier molecular flexibility index (Phi) is 4.22. The molecule has 0 aliphatic heterocycles. The molecule has 0 aliphatic carbocycles. The third-order valence-electron chi connectivity index (χ3n) is 3.75. The number of nitrogens with zero attached hydrogens (tertiary/aromatic N) is 6. The van der Waals surface area contributed by atoms with Crippen LogP contribution in [0.1, 0.15) is 5.56 Å². The Hall–Kier alpha value is -3.08. The number of hydrogen-bond donors (Lipinski definition) is 1. The van der Waals surface area contributed by atoms with Crippen LogP contribution < -0.4 is 0 Å². The highest BCUT2D eigenvalue weighted by atomic mass is 79.9. The van der Waals surface area contributed by atoms with Crippen molar-refractivity contribution in [1.82, 2.24) is 35.6 Å². The molecule has 2 aromatic carbocycles. The van der Waals surface area contributed by atoms with Crippen molar-refractivity contribution < 1.29 is 13.2 Å². The molecule has 2 aromatic heterocycles. The van der Waals surface area contributed by atoms with Crippen molar-refractivity contribution >= 4 is 15.9 Å². The van der Waals surface area contributed by atoms with E-state index in [1.807, 2.05) is 12.1 Å². The van der Waals surface area contributed by atoms with E-state index in [1.54, 1.807) is 12.3 Å². The summed E-state index contributed by atoms with van der Waals surface area (Å²) in [6, 6.07) is 10.2. The number of halogens is 4. The first kappa shape index (κ1) is 17.3. The van der Waals surface area contributed by atoms with Crippen LogP contribution in [0.2, 0.25) is 0 Å². The molecule has 4 rings (SSSR count). The van der Waals surface area contributed by atoms with Crippen molar-refractivity contribution in [3.63, 3.8) is 0 Å². The van der Waals surface area contributed by atoms with Gasteiger partial charge in [0, 0.05) is 15.6 Å². The second-order valence-corrected chi connectivity index (χ2v) is 6.47. The third kappa shape index (κ3) is 3.58. The summed E-state index contributed by atoms with van der Waals surface area (Å²) in [6.07, 6.45) is -2.75. The fourth-order valence-electron chi connectivity index (χ4n) is 2.47. The molecule has 0 saturated heterocycles. The highest BCUT2D eigenvalue weighted by molar-refractivity contribution is 9.10. The SMILES string of the molecule is FC(F)(F)c1ccc(-c2cn(-c3cc(Br)cc(-c4nn[nH]n4)c3)nn2)cc1. The zero-order chi connectivity index (χ0) is 19.0. The molecule has 0 aliphatic rings. The number of rotatable bonds is 3. The van der Waals surface area contributed by atoms with E-state index in [2.05, 4.69) is 46.9 Å². The molecule has 1 N–H and O–H groups in total. The molecule has 0 atom stereocenters. The summed E-state index contributed by atoms with van der Waals surface area (Å²) in [5.74, 6) is 0.417. The quantitative estimate of drug-likeness (QED) is 0.527. The molecule has 0 amide bonds. The van der Waals surface area contributed by atoms with Crippen LogP contribution in [-0.4, -0.2) is 35.6 Å². The van der Waals surface area contributed by atoms with E-state index in [9.17, 15) is 13.2 Å². The fraction of sp³-hybridized carbons (Fsp3) is 0.0625. The zero-order valence-corrected chi connectivity index (χ0v) is 14.9. The molecule has 0 spiro atoms.